The molecule has 1 aromatic carbocycles. The van der Waals surface area contributed by atoms with Crippen LogP contribution in [0.1, 0.15) is 20.3 Å². The molecule has 4 heteroatoms. The van der Waals surface area contributed by atoms with Gasteiger partial charge in [0.05, 0.1) is 5.02 Å². The number of benzene rings is 1. The molecule has 0 N–H and O–H groups in total. The Labute approximate surface area is 93.0 Å². The minimum absolute atomic E-state index is 0.00422. The zero-order valence-corrected chi connectivity index (χ0v) is 9.34. The van der Waals surface area contributed by atoms with Crippen molar-refractivity contribution >= 4 is 17.4 Å². The molecule has 82 valence electrons. The van der Waals surface area contributed by atoms with Crippen LogP contribution in [0.4, 0.5) is 4.39 Å². The van der Waals surface area contributed by atoms with E-state index in [1.807, 2.05) is 0 Å². The van der Waals surface area contributed by atoms with Crippen molar-refractivity contribution in [3.05, 3.63) is 29.0 Å². The zero-order valence-electron chi connectivity index (χ0n) is 8.59. The molecular formula is C11H12ClFO2. The van der Waals surface area contributed by atoms with Crippen LogP contribution in [0.5, 0.6) is 5.75 Å². The molecule has 0 saturated heterocycles. The lowest BCUT2D eigenvalue weighted by molar-refractivity contribution is -0.124. The van der Waals surface area contributed by atoms with Gasteiger partial charge in [-0.1, -0.05) is 18.5 Å². The van der Waals surface area contributed by atoms with Gasteiger partial charge in [-0.2, -0.15) is 0 Å². The average molecular weight is 231 g/mol. The van der Waals surface area contributed by atoms with E-state index in [-0.39, 0.29) is 10.8 Å². The highest BCUT2D eigenvalue weighted by Gasteiger charge is 2.12. The van der Waals surface area contributed by atoms with Crippen LogP contribution >= 0.6 is 11.6 Å². The van der Waals surface area contributed by atoms with Gasteiger partial charge in [0.15, 0.2) is 11.9 Å². The number of carbonyl (C=O) groups excluding carboxylic acids is 1. The first-order valence-electron chi connectivity index (χ1n) is 4.69. The second kappa shape index (κ2) is 5.12. The van der Waals surface area contributed by atoms with Crippen LogP contribution < -0.4 is 4.74 Å². The number of ether oxygens (including phenoxy) is 1. The first-order chi connectivity index (χ1) is 7.04. The van der Waals surface area contributed by atoms with Gasteiger partial charge < -0.3 is 4.74 Å². The summed E-state index contributed by atoms with van der Waals surface area (Å²) in [5.41, 5.74) is 0. The summed E-state index contributed by atoms with van der Waals surface area (Å²) in [6, 6.07) is 4.01. The smallest absolute Gasteiger partial charge is 0.172 e. The number of rotatable bonds is 4. The first-order valence-corrected chi connectivity index (χ1v) is 5.06. The van der Waals surface area contributed by atoms with Gasteiger partial charge in [-0.15, -0.1) is 0 Å². The molecule has 0 aliphatic heterocycles. The Hall–Kier alpha value is -1.09. The highest BCUT2D eigenvalue weighted by atomic mass is 35.5. The molecule has 1 unspecified atom stereocenters. The summed E-state index contributed by atoms with van der Waals surface area (Å²) < 4.78 is 18.1. The van der Waals surface area contributed by atoms with Crippen LogP contribution in [0.2, 0.25) is 5.02 Å². The third kappa shape index (κ3) is 3.20. The van der Waals surface area contributed by atoms with Gasteiger partial charge in [-0.3, -0.25) is 4.79 Å². The van der Waals surface area contributed by atoms with Gasteiger partial charge in [-0.05, 0) is 19.1 Å². The molecule has 0 radical (unpaired) electrons. The summed E-state index contributed by atoms with van der Waals surface area (Å²) in [6.45, 7) is 3.42. The van der Waals surface area contributed by atoms with Gasteiger partial charge in [0.25, 0.3) is 0 Å². The molecule has 0 heterocycles. The van der Waals surface area contributed by atoms with Crippen LogP contribution in [0.25, 0.3) is 0 Å². The second-order valence-electron chi connectivity index (χ2n) is 3.16. The highest BCUT2D eigenvalue weighted by Crippen LogP contribution is 2.22. The number of Topliss-reactive ketones (excluding diaryl/α,β-unsaturated/α-hetero) is 1. The van der Waals surface area contributed by atoms with Crippen LogP contribution in [-0.4, -0.2) is 11.9 Å². The third-order valence-corrected chi connectivity index (χ3v) is 2.30. The van der Waals surface area contributed by atoms with Gasteiger partial charge in [0.1, 0.15) is 11.6 Å². The van der Waals surface area contributed by atoms with Crippen molar-refractivity contribution in [3.63, 3.8) is 0 Å². The van der Waals surface area contributed by atoms with Crippen molar-refractivity contribution < 1.29 is 13.9 Å². The van der Waals surface area contributed by atoms with Crippen LogP contribution in [0, 0.1) is 5.82 Å². The predicted octanol–water partition coefficient (Wildman–Crippen LogP) is 3.23. The lowest BCUT2D eigenvalue weighted by Gasteiger charge is -2.12. The summed E-state index contributed by atoms with van der Waals surface area (Å²) in [5, 5.41) is -0.0105. The van der Waals surface area contributed by atoms with E-state index in [9.17, 15) is 9.18 Å². The lowest BCUT2D eigenvalue weighted by Crippen LogP contribution is -2.22. The number of halogens is 2. The van der Waals surface area contributed by atoms with Crippen molar-refractivity contribution in [1.82, 2.24) is 0 Å². The number of hydrogen-bond acceptors (Lipinski definition) is 2. The fourth-order valence-electron chi connectivity index (χ4n) is 1.11. The van der Waals surface area contributed by atoms with E-state index in [1.165, 1.54) is 18.2 Å². The molecule has 2 nitrogen and oxygen atoms in total. The molecule has 0 spiro atoms. The van der Waals surface area contributed by atoms with Crippen molar-refractivity contribution in [2.75, 3.05) is 0 Å². The first kappa shape index (κ1) is 12.0. The fourth-order valence-corrected chi connectivity index (χ4v) is 1.28. The SMILES string of the molecule is CCC(=O)C(C)Oc1ccc(F)c(Cl)c1. The van der Waals surface area contributed by atoms with Crippen LogP contribution in [0.15, 0.2) is 18.2 Å². The maximum Gasteiger partial charge on any atom is 0.172 e. The summed E-state index contributed by atoms with van der Waals surface area (Å²) >= 11 is 5.57. The van der Waals surface area contributed by atoms with Gasteiger partial charge in [0, 0.05) is 12.5 Å². The molecule has 0 aromatic heterocycles. The summed E-state index contributed by atoms with van der Waals surface area (Å²) in [4.78, 5) is 11.2. The summed E-state index contributed by atoms with van der Waals surface area (Å²) in [5.74, 6) is -0.107. The third-order valence-electron chi connectivity index (χ3n) is 2.01. The van der Waals surface area contributed by atoms with E-state index in [2.05, 4.69) is 0 Å². The van der Waals surface area contributed by atoms with E-state index >= 15 is 0 Å². The van der Waals surface area contributed by atoms with Crippen molar-refractivity contribution in [3.8, 4) is 5.75 Å². The summed E-state index contributed by atoms with van der Waals surface area (Å²) in [7, 11) is 0. The molecule has 1 aromatic rings. The zero-order chi connectivity index (χ0) is 11.4. The standard InChI is InChI=1S/C11H12ClFO2/c1-3-11(14)7(2)15-8-4-5-10(13)9(12)6-8/h4-7H,3H2,1-2H3. The molecule has 0 amide bonds. The number of hydrogen-bond donors (Lipinski definition) is 0. The van der Waals surface area contributed by atoms with Crippen LogP contribution in [-0.2, 0) is 4.79 Å². The predicted molar refractivity (Wildman–Crippen MR) is 56.8 cm³/mol. The molecule has 0 aliphatic rings. The van der Waals surface area contributed by atoms with E-state index < -0.39 is 11.9 Å². The van der Waals surface area contributed by atoms with E-state index in [1.54, 1.807) is 13.8 Å². The van der Waals surface area contributed by atoms with E-state index in [4.69, 9.17) is 16.3 Å². The fraction of sp³-hybridized carbons (Fsp3) is 0.364. The monoisotopic (exact) mass is 230 g/mol. The Morgan fingerprint density at radius 1 is 1.60 bits per heavy atom. The van der Waals surface area contributed by atoms with Crippen molar-refractivity contribution in [2.24, 2.45) is 0 Å². The minimum atomic E-state index is -0.531. The molecule has 0 saturated carbocycles. The van der Waals surface area contributed by atoms with Crippen LogP contribution in [0.3, 0.4) is 0 Å². The largest absolute Gasteiger partial charge is 0.483 e. The van der Waals surface area contributed by atoms with Gasteiger partial charge >= 0.3 is 0 Å². The molecule has 0 aliphatic carbocycles. The van der Waals surface area contributed by atoms with Crippen molar-refractivity contribution in [2.45, 2.75) is 26.4 Å². The normalized spacial score (nSPS) is 12.3. The average Bonchev–Trinajstić information content (AvgIpc) is 2.22. The van der Waals surface area contributed by atoms with E-state index in [0.29, 0.717) is 12.2 Å². The molecule has 0 fully saturated rings. The Morgan fingerprint density at radius 3 is 2.80 bits per heavy atom. The minimum Gasteiger partial charge on any atom is -0.483 e. The maximum absolute atomic E-state index is 12.8. The Bertz CT molecular complexity index is 366. The lowest BCUT2D eigenvalue weighted by atomic mass is 10.2. The number of carbonyl (C=O) groups is 1. The highest BCUT2D eigenvalue weighted by molar-refractivity contribution is 6.30. The van der Waals surface area contributed by atoms with Crippen molar-refractivity contribution in [1.29, 1.82) is 0 Å². The van der Waals surface area contributed by atoms with Gasteiger partial charge in [0.2, 0.25) is 0 Å². The van der Waals surface area contributed by atoms with Gasteiger partial charge in [-0.25, -0.2) is 4.39 Å². The molecule has 15 heavy (non-hydrogen) atoms. The Balaban J connectivity index is 2.73. The van der Waals surface area contributed by atoms with E-state index in [0.717, 1.165) is 0 Å². The quantitative estimate of drug-likeness (QED) is 0.794. The molecule has 1 rings (SSSR count). The summed E-state index contributed by atoms with van der Waals surface area (Å²) in [6.07, 6.45) is -0.118. The molecule has 0 bridgehead atoms. The maximum atomic E-state index is 12.8. The Kier molecular flexibility index (Phi) is 4.09. The Morgan fingerprint density at radius 2 is 2.27 bits per heavy atom. The molecular weight excluding hydrogens is 219 g/mol. The topological polar surface area (TPSA) is 26.3 Å². The molecule has 1 atom stereocenters. The number of ketones is 1. The second-order valence-corrected chi connectivity index (χ2v) is 3.56.